The van der Waals surface area contributed by atoms with E-state index in [9.17, 15) is 23.1 Å². The van der Waals surface area contributed by atoms with Crippen LogP contribution >= 0.6 is 0 Å². The third-order valence-corrected chi connectivity index (χ3v) is 3.90. The van der Waals surface area contributed by atoms with Gasteiger partial charge in [-0.2, -0.15) is 0 Å². The van der Waals surface area contributed by atoms with Gasteiger partial charge in [-0.15, -0.1) is 0 Å². The molecule has 2 N–H and O–H groups in total. The third-order valence-electron chi connectivity index (χ3n) is 3.90. The largest absolute Gasteiger partial charge is 0.481 e. The highest BCUT2D eigenvalue weighted by molar-refractivity contribution is 5.70. The zero-order valence-corrected chi connectivity index (χ0v) is 11.9. The molecule has 1 heterocycles. The predicted molar refractivity (Wildman–Crippen MR) is 72.7 cm³/mol. The number of aliphatic carboxylic acids is 1. The van der Waals surface area contributed by atoms with E-state index >= 15 is 0 Å². The second-order valence-electron chi connectivity index (χ2n) is 5.39. The Morgan fingerprint density at radius 1 is 1.32 bits per heavy atom. The number of rotatable bonds is 6. The molecule has 0 saturated carbocycles. The highest BCUT2D eigenvalue weighted by Crippen LogP contribution is 2.24. The molecule has 22 heavy (non-hydrogen) atoms. The Balaban J connectivity index is 1.94. The van der Waals surface area contributed by atoms with Crippen molar-refractivity contribution in [2.24, 2.45) is 11.8 Å². The molecule has 1 atom stereocenters. The fourth-order valence-electron chi connectivity index (χ4n) is 2.67. The van der Waals surface area contributed by atoms with Crippen molar-refractivity contribution in [1.29, 1.82) is 0 Å². The smallest absolute Gasteiger partial charge is 0.308 e. The molecule has 1 saturated heterocycles. The van der Waals surface area contributed by atoms with Gasteiger partial charge in [0.15, 0.2) is 11.6 Å². The normalized spacial score (nSPS) is 17.4. The number of nitrogens with one attached hydrogen (secondary N) is 1. The molecule has 2 rings (SSSR count). The van der Waals surface area contributed by atoms with Crippen molar-refractivity contribution >= 4 is 5.97 Å². The van der Waals surface area contributed by atoms with Crippen LogP contribution in [0.4, 0.5) is 13.2 Å². The molecular weight excluding hydrogens is 299 g/mol. The number of carboxylic acids is 1. The van der Waals surface area contributed by atoms with Gasteiger partial charge in [0.25, 0.3) is 0 Å². The van der Waals surface area contributed by atoms with Gasteiger partial charge in [-0.05, 0) is 24.8 Å². The maximum Gasteiger partial charge on any atom is 0.308 e. The summed E-state index contributed by atoms with van der Waals surface area (Å²) in [4.78, 5) is 11.3. The molecule has 0 aliphatic carbocycles. The summed E-state index contributed by atoms with van der Waals surface area (Å²) in [7, 11) is 0. The van der Waals surface area contributed by atoms with E-state index in [-0.39, 0.29) is 24.6 Å². The zero-order chi connectivity index (χ0) is 16.1. The lowest BCUT2D eigenvalue weighted by Gasteiger charge is -2.27. The zero-order valence-electron chi connectivity index (χ0n) is 11.9. The van der Waals surface area contributed by atoms with Crippen LogP contribution in [-0.2, 0) is 16.1 Å². The van der Waals surface area contributed by atoms with Crippen LogP contribution in [0.2, 0.25) is 0 Å². The van der Waals surface area contributed by atoms with Gasteiger partial charge in [0.05, 0.1) is 5.92 Å². The second kappa shape index (κ2) is 7.60. The summed E-state index contributed by atoms with van der Waals surface area (Å²) in [6, 6.07) is 1.37. The molecule has 1 aromatic rings. The quantitative estimate of drug-likeness (QED) is 0.791. The van der Waals surface area contributed by atoms with Crippen molar-refractivity contribution in [2.45, 2.75) is 19.4 Å². The maximum absolute atomic E-state index is 13.5. The summed E-state index contributed by atoms with van der Waals surface area (Å²) in [6.07, 6.45) is 1.31. The molecule has 1 aliphatic rings. The molecule has 122 valence electrons. The Morgan fingerprint density at radius 2 is 2.00 bits per heavy atom. The van der Waals surface area contributed by atoms with Crippen LogP contribution in [-0.4, -0.2) is 30.8 Å². The third kappa shape index (κ3) is 4.20. The summed E-state index contributed by atoms with van der Waals surface area (Å²) in [5.41, 5.74) is -0.159. The van der Waals surface area contributed by atoms with Gasteiger partial charge >= 0.3 is 5.97 Å². The molecule has 0 spiro atoms. The first kappa shape index (κ1) is 16.8. The number of halogens is 3. The lowest BCUT2D eigenvalue weighted by atomic mass is 9.86. The van der Waals surface area contributed by atoms with Crippen molar-refractivity contribution in [1.82, 2.24) is 5.32 Å². The number of ether oxygens (including phenoxy) is 1. The van der Waals surface area contributed by atoms with Gasteiger partial charge in [0, 0.05) is 37.9 Å². The van der Waals surface area contributed by atoms with Crippen LogP contribution < -0.4 is 5.32 Å². The molecule has 0 amide bonds. The SMILES string of the molecule is O=C(O)C(CNCc1cc(F)cc(F)c1F)C1CCOCC1. The Bertz CT molecular complexity index is 533. The fourth-order valence-corrected chi connectivity index (χ4v) is 2.67. The first-order valence-electron chi connectivity index (χ1n) is 7.13. The average molecular weight is 317 g/mol. The molecule has 1 aromatic carbocycles. The van der Waals surface area contributed by atoms with E-state index in [1.807, 2.05) is 0 Å². The Morgan fingerprint density at radius 3 is 2.64 bits per heavy atom. The lowest BCUT2D eigenvalue weighted by Crippen LogP contribution is -2.36. The highest BCUT2D eigenvalue weighted by atomic mass is 19.2. The minimum atomic E-state index is -1.25. The van der Waals surface area contributed by atoms with Crippen LogP contribution in [0.25, 0.3) is 0 Å². The Hall–Kier alpha value is -1.60. The first-order valence-corrected chi connectivity index (χ1v) is 7.13. The number of hydrogen-bond donors (Lipinski definition) is 2. The van der Waals surface area contributed by atoms with E-state index in [2.05, 4.69) is 5.32 Å². The van der Waals surface area contributed by atoms with E-state index in [0.29, 0.717) is 32.1 Å². The molecule has 1 fully saturated rings. The number of benzene rings is 1. The average Bonchev–Trinajstić information content (AvgIpc) is 2.48. The molecule has 0 bridgehead atoms. The van der Waals surface area contributed by atoms with Crippen LogP contribution in [0, 0.1) is 29.3 Å². The molecule has 7 heteroatoms. The molecule has 1 unspecified atom stereocenters. The van der Waals surface area contributed by atoms with E-state index < -0.39 is 29.3 Å². The number of hydrogen-bond acceptors (Lipinski definition) is 3. The van der Waals surface area contributed by atoms with Crippen molar-refractivity contribution in [3.63, 3.8) is 0 Å². The van der Waals surface area contributed by atoms with E-state index in [4.69, 9.17) is 4.74 Å². The summed E-state index contributed by atoms with van der Waals surface area (Å²) in [5, 5.41) is 12.1. The minimum Gasteiger partial charge on any atom is -0.481 e. The predicted octanol–water partition coefficient (Wildman–Crippen LogP) is 2.32. The van der Waals surface area contributed by atoms with Crippen molar-refractivity contribution in [3.05, 3.63) is 35.1 Å². The van der Waals surface area contributed by atoms with Gasteiger partial charge in [0.1, 0.15) is 5.82 Å². The van der Waals surface area contributed by atoms with Crippen molar-refractivity contribution in [2.75, 3.05) is 19.8 Å². The standard InChI is InChI=1S/C15H18F3NO3/c16-11-5-10(14(18)13(17)6-11)7-19-8-12(15(20)21)9-1-3-22-4-2-9/h5-6,9,12,19H,1-4,7-8H2,(H,20,21). The van der Waals surface area contributed by atoms with Gasteiger partial charge in [-0.25, -0.2) is 13.2 Å². The number of carboxylic acid groups (broad SMARTS) is 1. The van der Waals surface area contributed by atoms with Crippen LogP contribution in [0.3, 0.4) is 0 Å². The summed E-state index contributed by atoms with van der Waals surface area (Å²) in [5.74, 6) is -4.83. The summed E-state index contributed by atoms with van der Waals surface area (Å²) in [6.45, 7) is 1.03. The van der Waals surface area contributed by atoms with E-state index in [1.165, 1.54) is 0 Å². The molecular formula is C15H18F3NO3. The van der Waals surface area contributed by atoms with Gasteiger partial charge in [0.2, 0.25) is 0 Å². The van der Waals surface area contributed by atoms with Gasteiger partial charge < -0.3 is 15.2 Å². The highest BCUT2D eigenvalue weighted by Gasteiger charge is 2.29. The second-order valence-corrected chi connectivity index (χ2v) is 5.39. The van der Waals surface area contributed by atoms with Crippen molar-refractivity contribution in [3.8, 4) is 0 Å². The Labute approximate surface area is 126 Å². The summed E-state index contributed by atoms with van der Waals surface area (Å²) >= 11 is 0. The monoisotopic (exact) mass is 317 g/mol. The van der Waals surface area contributed by atoms with Crippen LogP contribution in [0.15, 0.2) is 12.1 Å². The maximum atomic E-state index is 13.5. The lowest BCUT2D eigenvalue weighted by molar-refractivity contribution is -0.144. The van der Waals surface area contributed by atoms with E-state index in [0.717, 1.165) is 6.07 Å². The topological polar surface area (TPSA) is 58.6 Å². The molecule has 0 radical (unpaired) electrons. The van der Waals surface area contributed by atoms with Crippen LogP contribution in [0.5, 0.6) is 0 Å². The Kier molecular flexibility index (Phi) is 5.79. The van der Waals surface area contributed by atoms with E-state index in [1.54, 1.807) is 0 Å². The molecule has 4 nitrogen and oxygen atoms in total. The molecule has 0 aromatic heterocycles. The molecule has 1 aliphatic heterocycles. The number of carbonyl (C=O) groups is 1. The van der Waals surface area contributed by atoms with Gasteiger partial charge in [-0.1, -0.05) is 0 Å². The summed E-state index contributed by atoms with van der Waals surface area (Å²) < 4.78 is 44.9. The van der Waals surface area contributed by atoms with Crippen LogP contribution in [0.1, 0.15) is 18.4 Å². The first-order chi connectivity index (χ1) is 10.5. The van der Waals surface area contributed by atoms with Crippen molar-refractivity contribution < 1.29 is 27.8 Å². The van der Waals surface area contributed by atoms with Gasteiger partial charge in [-0.3, -0.25) is 4.79 Å². The minimum absolute atomic E-state index is 0.0205. The fraction of sp³-hybridized carbons (Fsp3) is 0.533.